The number of urea groups is 1. The zero-order valence-corrected chi connectivity index (χ0v) is 9.92. The Labute approximate surface area is 90.9 Å². The van der Waals surface area contributed by atoms with Gasteiger partial charge in [-0.3, -0.25) is 0 Å². The van der Waals surface area contributed by atoms with E-state index >= 15 is 0 Å². The lowest BCUT2D eigenvalue weighted by atomic mass is 9.99. The van der Waals surface area contributed by atoms with E-state index in [0.29, 0.717) is 6.42 Å². The maximum absolute atomic E-state index is 11.5. The second kappa shape index (κ2) is 5.32. The standard InChI is InChI=1S/C10H22N2O3/c1-5-10(6-13,7-14)12-8(15)11-9(2,3)4/h13-14H,5-7H2,1-4H3,(H2,11,12,15). The van der Waals surface area contributed by atoms with E-state index in [-0.39, 0.29) is 24.8 Å². The highest BCUT2D eigenvalue weighted by Crippen LogP contribution is 2.08. The van der Waals surface area contributed by atoms with Gasteiger partial charge >= 0.3 is 6.03 Å². The van der Waals surface area contributed by atoms with Crippen molar-refractivity contribution in [3.63, 3.8) is 0 Å². The zero-order valence-electron chi connectivity index (χ0n) is 9.92. The first-order chi connectivity index (χ1) is 6.78. The van der Waals surface area contributed by atoms with Gasteiger partial charge in [-0.25, -0.2) is 4.79 Å². The van der Waals surface area contributed by atoms with E-state index in [1.807, 2.05) is 20.8 Å². The molecule has 0 fully saturated rings. The third-order valence-electron chi connectivity index (χ3n) is 2.15. The van der Waals surface area contributed by atoms with E-state index in [9.17, 15) is 4.79 Å². The number of hydrogen-bond acceptors (Lipinski definition) is 3. The Morgan fingerprint density at radius 2 is 1.60 bits per heavy atom. The highest BCUT2D eigenvalue weighted by Gasteiger charge is 2.29. The maximum Gasteiger partial charge on any atom is 0.315 e. The van der Waals surface area contributed by atoms with E-state index in [0.717, 1.165) is 0 Å². The molecule has 0 saturated carbocycles. The number of amides is 2. The van der Waals surface area contributed by atoms with Crippen LogP contribution in [-0.4, -0.2) is 40.5 Å². The van der Waals surface area contributed by atoms with Crippen LogP contribution in [0.3, 0.4) is 0 Å². The molecule has 0 aliphatic heterocycles. The molecule has 4 N–H and O–H groups in total. The summed E-state index contributed by atoms with van der Waals surface area (Å²) in [5.74, 6) is 0. The minimum atomic E-state index is -0.935. The summed E-state index contributed by atoms with van der Waals surface area (Å²) in [6, 6.07) is -0.382. The molecule has 0 saturated heterocycles. The van der Waals surface area contributed by atoms with Crippen LogP contribution in [0.15, 0.2) is 0 Å². The maximum atomic E-state index is 11.5. The SMILES string of the molecule is CCC(CO)(CO)NC(=O)NC(C)(C)C. The van der Waals surface area contributed by atoms with Gasteiger partial charge in [-0.15, -0.1) is 0 Å². The van der Waals surface area contributed by atoms with Crippen LogP contribution in [0.1, 0.15) is 34.1 Å². The van der Waals surface area contributed by atoms with E-state index in [4.69, 9.17) is 10.2 Å². The molecule has 5 nitrogen and oxygen atoms in total. The Kier molecular flexibility index (Phi) is 5.03. The van der Waals surface area contributed by atoms with Crippen molar-refractivity contribution in [3.8, 4) is 0 Å². The van der Waals surface area contributed by atoms with Crippen molar-refractivity contribution in [2.24, 2.45) is 0 Å². The van der Waals surface area contributed by atoms with Gasteiger partial charge < -0.3 is 20.8 Å². The zero-order chi connectivity index (χ0) is 12.1. The predicted molar refractivity (Wildman–Crippen MR) is 58.6 cm³/mol. The quantitative estimate of drug-likeness (QED) is 0.545. The number of nitrogens with one attached hydrogen (secondary N) is 2. The predicted octanol–water partition coefficient (Wildman–Crippen LogP) is 0.217. The van der Waals surface area contributed by atoms with Crippen molar-refractivity contribution in [2.45, 2.75) is 45.2 Å². The molecule has 0 radical (unpaired) electrons. The molecular formula is C10H22N2O3. The highest BCUT2D eigenvalue weighted by atomic mass is 16.3. The van der Waals surface area contributed by atoms with Crippen LogP contribution < -0.4 is 10.6 Å². The normalized spacial score (nSPS) is 12.4. The molecule has 90 valence electrons. The molecule has 0 rings (SSSR count). The van der Waals surface area contributed by atoms with Crippen LogP contribution in [0, 0.1) is 0 Å². The lowest BCUT2D eigenvalue weighted by Crippen LogP contribution is -2.59. The summed E-state index contributed by atoms with van der Waals surface area (Å²) in [4.78, 5) is 11.5. The van der Waals surface area contributed by atoms with Crippen LogP contribution in [0.4, 0.5) is 4.79 Å². The summed E-state index contributed by atoms with van der Waals surface area (Å²) >= 11 is 0. The van der Waals surface area contributed by atoms with Crippen LogP contribution >= 0.6 is 0 Å². The summed E-state index contributed by atoms with van der Waals surface area (Å²) in [6.07, 6.45) is 0.470. The number of carbonyl (C=O) groups is 1. The van der Waals surface area contributed by atoms with Gasteiger partial charge in [0.15, 0.2) is 0 Å². The topological polar surface area (TPSA) is 81.6 Å². The minimum absolute atomic E-state index is 0.280. The summed E-state index contributed by atoms with van der Waals surface area (Å²) in [5.41, 5.74) is -1.27. The summed E-state index contributed by atoms with van der Waals surface area (Å²) in [7, 11) is 0. The first kappa shape index (κ1) is 14.2. The molecule has 2 amide bonds. The molecule has 0 aliphatic rings. The molecule has 0 heterocycles. The Morgan fingerprint density at radius 3 is 1.87 bits per heavy atom. The summed E-state index contributed by atoms with van der Waals surface area (Å²) in [6.45, 7) is 6.81. The van der Waals surface area contributed by atoms with Crippen molar-refractivity contribution in [3.05, 3.63) is 0 Å². The first-order valence-corrected chi connectivity index (χ1v) is 5.10. The highest BCUT2D eigenvalue weighted by molar-refractivity contribution is 5.75. The smallest absolute Gasteiger partial charge is 0.315 e. The van der Waals surface area contributed by atoms with Gasteiger partial charge in [-0.05, 0) is 27.2 Å². The molecule has 0 spiro atoms. The van der Waals surface area contributed by atoms with Crippen molar-refractivity contribution in [1.29, 1.82) is 0 Å². The number of rotatable bonds is 4. The van der Waals surface area contributed by atoms with E-state index < -0.39 is 5.54 Å². The molecular weight excluding hydrogens is 196 g/mol. The Morgan fingerprint density at radius 1 is 1.13 bits per heavy atom. The Hall–Kier alpha value is -0.810. The average molecular weight is 218 g/mol. The third-order valence-corrected chi connectivity index (χ3v) is 2.15. The van der Waals surface area contributed by atoms with Crippen LogP contribution in [0.5, 0.6) is 0 Å². The number of carbonyl (C=O) groups excluding carboxylic acids is 1. The molecule has 0 aliphatic carbocycles. The van der Waals surface area contributed by atoms with Crippen LogP contribution in [0.25, 0.3) is 0 Å². The molecule has 5 heteroatoms. The molecule has 0 unspecified atom stereocenters. The second-order valence-electron chi connectivity index (χ2n) is 4.78. The largest absolute Gasteiger partial charge is 0.394 e. The van der Waals surface area contributed by atoms with E-state index in [2.05, 4.69) is 10.6 Å². The molecule has 0 aromatic rings. The average Bonchev–Trinajstić information content (AvgIpc) is 2.11. The lowest BCUT2D eigenvalue weighted by molar-refractivity contribution is 0.0924. The lowest BCUT2D eigenvalue weighted by Gasteiger charge is -2.31. The van der Waals surface area contributed by atoms with Gasteiger partial charge in [0, 0.05) is 5.54 Å². The molecule has 15 heavy (non-hydrogen) atoms. The Bertz CT molecular complexity index is 199. The van der Waals surface area contributed by atoms with Crippen LogP contribution in [-0.2, 0) is 0 Å². The molecule has 0 aromatic carbocycles. The first-order valence-electron chi connectivity index (χ1n) is 5.10. The number of aliphatic hydroxyl groups is 2. The van der Waals surface area contributed by atoms with Gasteiger partial charge in [0.05, 0.1) is 18.8 Å². The van der Waals surface area contributed by atoms with Gasteiger partial charge in [0.1, 0.15) is 0 Å². The van der Waals surface area contributed by atoms with Gasteiger partial charge in [-0.1, -0.05) is 6.92 Å². The van der Waals surface area contributed by atoms with Crippen molar-refractivity contribution < 1.29 is 15.0 Å². The van der Waals surface area contributed by atoms with Gasteiger partial charge in [0.2, 0.25) is 0 Å². The number of aliphatic hydroxyl groups excluding tert-OH is 2. The minimum Gasteiger partial charge on any atom is -0.394 e. The second-order valence-corrected chi connectivity index (χ2v) is 4.78. The molecule has 0 aromatic heterocycles. The summed E-state index contributed by atoms with van der Waals surface area (Å²) in [5, 5.41) is 23.5. The van der Waals surface area contributed by atoms with Gasteiger partial charge in [-0.2, -0.15) is 0 Å². The molecule has 0 atom stereocenters. The fraction of sp³-hybridized carbons (Fsp3) is 0.900. The fourth-order valence-electron chi connectivity index (χ4n) is 1.05. The van der Waals surface area contributed by atoms with Crippen molar-refractivity contribution in [2.75, 3.05) is 13.2 Å². The monoisotopic (exact) mass is 218 g/mol. The van der Waals surface area contributed by atoms with Crippen LogP contribution in [0.2, 0.25) is 0 Å². The molecule has 0 bridgehead atoms. The van der Waals surface area contributed by atoms with Crippen molar-refractivity contribution >= 4 is 6.03 Å². The Balaban J connectivity index is 4.36. The summed E-state index contributed by atoms with van der Waals surface area (Å²) < 4.78 is 0. The fourth-order valence-corrected chi connectivity index (χ4v) is 1.05. The van der Waals surface area contributed by atoms with Crippen molar-refractivity contribution in [1.82, 2.24) is 10.6 Å². The van der Waals surface area contributed by atoms with E-state index in [1.165, 1.54) is 0 Å². The van der Waals surface area contributed by atoms with E-state index in [1.54, 1.807) is 6.92 Å². The van der Waals surface area contributed by atoms with Gasteiger partial charge in [0.25, 0.3) is 0 Å². The number of hydrogen-bond donors (Lipinski definition) is 4. The third kappa shape index (κ3) is 4.99.